The topological polar surface area (TPSA) is 28.2 Å². The first-order valence-corrected chi connectivity index (χ1v) is 12.4. The van der Waals surface area contributed by atoms with E-state index in [2.05, 4.69) is 66.7 Å². The predicted octanol–water partition coefficient (Wildman–Crippen LogP) is 5.79. The van der Waals surface area contributed by atoms with Crippen LogP contribution in [0.25, 0.3) is 0 Å². The second-order valence-corrected chi connectivity index (χ2v) is 10.2. The highest BCUT2D eigenvalue weighted by Crippen LogP contribution is 2.41. The summed E-state index contributed by atoms with van der Waals surface area (Å²) in [5.74, 6) is 1.56. The van der Waals surface area contributed by atoms with Crippen molar-refractivity contribution < 1.29 is 9.47 Å². The van der Waals surface area contributed by atoms with Crippen LogP contribution in [0.15, 0.2) is 59.3 Å². The summed E-state index contributed by atoms with van der Waals surface area (Å²) in [6, 6.07) is 16.3. The van der Waals surface area contributed by atoms with E-state index in [1.807, 2.05) is 42.3 Å². The van der Waals surface area contributed by atoms with Gasteiger partial charge < -0.3 is 24.2 Å². The van der Waals surface area contributed by atoms with E-state index >= 15 is 0 Å². The Morgan fingerprint density at radius 1 is 1.09 bits per heavy atom. The van der Waals surface area contributed by atoms with Gasteiger partial charge in [0.1, 0.15) is 18.1 Å². The fourth-order valence-corrected chi connectivity index (χ4v) is 5.08. The fourth-order valence-electron chi connectivity index (χ4n) is 4.19. The lowest BCUT2D eigenvalue weighted by Crippen LogP contribution is -2.29. The van der Waals surface area contributed by atoms with E-state index in [1.54, 1.807) is 11.3 Å². The summed E-state index contributed by atoms with van der Waals surface area (Å²) < 4.78 is 12.0. The normalized spacial score (nSPS) is 14.0. The first-order valence-electron chi connectivity index (χ1n) is 11.0. The number of rotatable bonds is 7. The third kappa shape index (κ3) is 5.25. The molecule has 1 aromatic heterocycles. The van der Waals surface area contributed by atoms with Crippen LogP contribution in [-0.4, -0.2) is 46.0 Å². The van der Waals surface area contributed by atoms with Crippen molar-refractivity contribution in [3.05, 3.63) is 64.9 Å². The van der Waals surface area contributed by atoms with E-state index < -0.39 is 0 Å². The van der Waals surface area contributed by atoms with E-state index in [0.29, 0.717) is 11.8 Å². The Morgan fingerprint density at radius 3 is 2.67 bits per heavy atom. The summed E-state index contributed by atoms with van der Waals surface area (Å²) in [6.07, 6.45) is 0. The molecule has 2 aromatic carbocycles. The second kappa shape index (κ2) is 9.61. The Hall–Kier alpha value is -2.77. The molecule has 0 N–H and O–H groups in total. The number of ether oxygens (including phenoxy) is 2. The molecular formula is C26H31N3O2S2. The highest BCUT2D eigenvalue weighted by atomic mass is 32.1. The molecule has 2 heterocycles. The lowest BCUT2D eigenvalue weighted by Gasteiger charge is -2.22. The van der Waals surface area contributed by atoms with E-state index in [9.17, 15) is 0 Å². The Labute approximate surface area is 206 Å². The molecule has 0 saturated heterocycles. The first kappa shape index (κ1) is 23.4. The zero-order valence-corrected chi connectivity index (χ0v) is 21.5. The molecule has 0 unspecified atom stereocenters. The molecule has 174 valence electrons. The number of thiophene rings is 1. The Morgan fingerprint density at radius 2 is 1.91 bits per heavy atom. The van der Waals surface area contributed by atoms with Crippen molar-refractivity contribution in [1.29, 1.82) is 0 Å². The van der Waals surface area contributed by atoms with Gasteiger partial charge in [-0.1, -0.05) is 26.0 Å². The molecule has 1 aliphatic heterocycles. The Bertz CT molecular complexity index is 1110. The minimum absolute atomic E-state index is 0.138. The van der Waals surface area contributed by atoms with Crippen LogP contribution in [0.2, 0.25) is 0 Å². The van der Waals surface area contributed by atoms with Crippen LogP contribution < -0.4 is 24.2 Å². The average molecular weight is 482 g/mol. The van der Waals surface area contributed by atoms with Crippen LogP contribution >= 0.6 is 23.6 Å². The van der Waals surface area contributed by atoms with Gasteiger partial charge in [-0.05, 0) is 47.4 Å². The molecule has 5 nitrogen and oxygen atoms in total. The molecule has 0 amide bonds. The highest BCUT2D eigenvalue weighted by Gasteiger charge is 2.33. The molecule has 0 spiro atoms. The number of fused-ring (bicyclic) bond motifs is 1. The van der Waals surface area contributed by atoms with Crippen LogP contribution in [0.3, 0.4) is 0 Å². The smallest absolute Gasteiger partial charge is 0.269 e. The first-order chi connectivity index (χ1) is 15.7. The molecule has 0 atom stereocenters. The minimum Gasteiger partial charge on any atom is -0.492 e. The van der Waals surface area contributed by atoms with E-state index in [4.69, 9.17) is 21.7 Å². The van der Waals surface area contributed by atoms with Crippen molar-refractivity contribution in [2.75, 3.05) is 55.5 Å². The van der Waals surface area contributed by atoms with Crippen LogP contribution in [0.1, 0.15) is 19.4 Å². The van der Waals surface area contributed by atoms with Crippen molar-refractivity contribution in [1.82, 2.24) is 0 Å². The van der Waals surface area contributed by atoms with Crippen LogP contribution in [0.4, 0.5) is 17.1 Å². The Balaban J connectivity index is 1.36. The molecule has 3 aromatic rings. The SMILES string of the molecule is CN(CCOc1cccc(N(C)C(=S)Oc2ccc3c(c2)N(C)CC3(C)C)c1)c1ccsc1. The predicted molar refractivity (Wildman–Crippen MR) is 144 cm³/mol. The molecule has 4 rings (SSSR count). The lowest BCUT2D eigenvalue weighted by atomic mass is 9.87. The lowest BCUT2D eigenvalue weighted by molar-refractivity contribution is 0.326. The summed E-state index contributed by atoms with van der Waals surface area (Å²) in [5, 5.41) is 4.61. The molecule has 0 aliphatic carbocycles. The molecule has 0 fully saturated rings. The summed E-state index contributed by atoms with van der Waals surface area (Å²) in [7, 11) is 6.10. The summed E-state index contributed by atoms with van der Waals surface area (Å²) >= 11 is 7.29. The van der Waals surface area contributed by atoms with Crippen molar-refractivity contribution in [3.8, 4) is 11.5 Å². The molecule has 0 saturated carbocycles. The fraction of sp³-hybridized carbons (Fsp3) is 0.346. The number of nitrogens with zero attached hydrogens (tertiary/aromatic N) is 3. The largest absolute Gasteiger partial charge is 0.492 e. The van der Waals surface area contributed by atoms with Gasteiger partial charge in [0.2, 0.25) is 0 Å². The number of benzene rings is 2. The van der Waals surface area contributed by atoms with Crippen molar-refractivity contribution in [3.63, 3.8) is 0 Å². The van der Waals surface area contributed by atoms with Gasteiger partial charge in [-0.3, -0.25) is 0 Å². The monoisotopic (exact) mass is 481 g/mol. The zero-order chi connectivity index (χ0) is 23.6. The van der Waals surface area contributed by atoms with Gasteiger partial charge in [-0.2, -0.15) is 11.3 Å². The molecule has 7 heteroatoms. The average Bonchev–Trinajstić information content (AvgIpc) is 3.40. The maximum absolute atomic E-state index is 6.05. The van der Waals surface area contributed by atoms with Gasteiger partial charge in [-0.15, -0.1) is 0 Å². The van der Waals surface area contributed by atoms with Gasteiger partial charge >= 0.3 is 0 Å². The summed E-state index contributed by atoms with van der Waals surface area (Å²) in [4.78, 5) is 6.32. The van der Waals surface area contributed by atoms with E-state index in [1.165, 1.54) is 16.9 Å². The van der Waals surface area contributed by atoms with E-state index in [0.717, 1.165) is 30.3 Å². The molecule has 33 heavy (non-hydrogen) atoms. The number of hydrogen-bond donors (Lipinski definition) is 0. The van der Waals surface area contributed by atoms with Crippen LogP contribution in [-0.2, 0) is 5.41 Å². The second-order valence-electron chi connectivity index (χ2n) is 9.09. The molecule has 0 bridgehead atoms. The number of thiocarbonyl (C=S) groups is 1. The minimum atomic E-state index is 0.138. The van der Waals surface area contributed by atoms with Gasteiger partial charge in [0, 0.05) is 67.7 Å². The van der Waals surface area contributed by atoms with Gasteiger partial charge in [0.05, 0.1) is 6.54 Å². The summed E-state index contributed by atoms with van der Waals surface area (Å²) in [6.45, 7) is 6.93. The van der Waals surface area contributed by atoms with Gasteiger partial charge in [0.15, 0.2) is 0 Å². The third-order valence-electron chi connectivity index (χ3n) is 6.07. The zero-order valence-electron chi connectivity index (χ0n) is 19.9. The standard InChI is InChI=1S/C26H31N3O2S2/c1-26(2)18-28(4)24-16-22(9-10-23(24)26)31-25(32)29(5)19-7-6-8-21(15-19)30-13-12-27(3)20-11-14-33-17-20/h6-11,14-17H,12-13,18H2,1-5H3. The van der Waals surface area contributed by atoms with Crippen LogP contribution in [0.5, 0.6) is 11.5 Å². The summed E-state index contributed by atoms with van der Waals surface area (Å²) in [5.41, 5.74) is 4.81. The third-order valence-corrected chi connectivity index (χ3v) is 7.10. The van der Waals surface area contributed by atoms with Gasteiger partial charge in [-0.25, -0.2) is 0 Å². The van der Waals surface area contributed by atoms with Gasteiger partial charge in [0.25, 0.3) is 5.17 Å². The van der Waals surface area contributed by atoms with Crippen molar-refractivity contribution >= 4 is 45.8 Å². The number of anilines is 3. The number of hydrogen-bond acceptors (Lipinski definition) is 6. The Kier molecular flexibility index (Phi) is 6.81. The van der Waals surface area contributed by atoms with Crippen molar-refractivity contribution in [2.24, 2.45) is 0 Å². The van der Waals surface area contributed by atoms with Crippen LogP contribution in [0, 0.1) is 0 Å². The molecular weight excluding hydrogens is 450 g/mol. The maximum atomic E-state index is 6.05. The van der Waals surface area contributed by atoms with E-state index in [-0.39, 0.29) is 5.41 Å². The highest BCUT2D eigenvalue weighted by molar-refractivity contribution is 7.80. The number of likely N-dealkylation sites (N-methyl/N-ethyl adjacent to an activating group) is 2. The quantitative estimate of drug-likeness (QED) is 0.397. The molecule has 1 aliphatic rings. The maximum Gasteiger partial charge on any atom is 0.269 e. The van der Waals surface area contributed by atoms with Crippen molar-refractivity contribution in [2.45, 2.75) is 19.3 Å². The molecule has 0 radical (unpaired) electrons.